The molecule has 1 aliphatic rings. The van der Waals surface area contributed by atoms with Gasteiger partial charge in [0.05, 0.1) is 31.9 Å². The zero-order valence-electron chi connectivity index (χ0n) is 15.0. The van der Waals surface area contributed by atoms with E-state index in [4.69, 9.17) is 26.4 Å². The molecule has 1 aromatic carbocycles. The fourth-order valence-corrected chi connectivity index (χ4v) is 3.00. The van der Waals surface area contributed by atoms with Crippen molar-refractivity contribution in [3.8, 4) is 5.75 Å². The van der Waals surface area contributed by atoms with E-state index in [0.717, 1.165) is 16.9 Å². The lowest BCUT2D eigenvalue weighted by Crippen LogP contribution is -2.45. The highest BCUT2D eigenvalue weighted by atomic mass is 32.1. The Labute approximate surface area is 153 Å². The van der Waals surface area contributed by atoms with Gasteiger partial charge in [-0.3, -0.25) is 0 Å². The molecule has 1 aliphatic heterocycles. The van der Waals surface area contributed by atoms with Gasteiger partial charge in [0, 0.05) is 17.9 Å². The van der Waals surface area contributed by atoms with E-state index in [1.807, 2.05) is 32.0 Å². The molecule has 0 bridgehead atoms. The quantitative estimate of drug-likeness (QED) is 0.569. The zero-order valence-corrected chi connectivity index (χ0v) is 15.8. The van der Waals surface area contributed by atoms with Crippen LogP contribution >= 0.6 is 12.2 Å². The Morgan fingerprint density at radius 3 is 2.68 bits per heavy atom. The van der Waals surface area contributed by atoms with Crippen molar-refractivity contribution in [3.05, 3.63) is 40.6 Å². The third kappa shape index (κ3) is 4.49. The smallest absolute Gasteiger partial charge is 0.338 e. The minimum absolute atomic E-state index is 0.310. The van der Waals surface area contributed by atoms with Crippen molar-refractivity contribution < 1.29 is 19.0 Å². The molecule has 0 aliphatic carbocycles. The average Bonchev–Trinajstić information content (AvgIpc) is 2.59. The summed E-state index contributed by atoms with van der Waals surface area (Å²) < 4.78 is 16.1. The first-order valence-electron chi connectivity index (χ1n) is 8.21. The molecule has 7 heteroatoms. The van der Waals surface area contributed by atoms with E-state index < -0.39 is 0 Å². The average molecular weight is 364 g/mol. The summed E-state index contributed by atoms with van der Waals surface area (Å²) in [5.74, 6) is 0.377. The predicted molar refractivity (Wildman–Crippen MR) is 99.3 cm³/mol. The molecular weight excluding hydrogens is 340 g/mol. The molecule has 0 fully saturated rings. The van der Waals surface area contributed by atoms with Crippen molar-refractivity contribution >= 4 is 23.3 Å². The largest absolute Gasteiger partial charge is 0.496 e. The van der Waals surface area contributed by atoms with E-state index in [2.05, 4.69) is 10.6 Å². The number of esters is 1. The molecule has 0 aromatic heterocycles. The van der Waals surface area contributed by atoms with Crippen molar-refractivity contribution in [2.24, 2.45) is 0 Å². The molecule has 1 heterocycles. The van der Waals surface area contributed by atoms with Crippen LogP contribution in [0.25, 0.3) is 0 Å². The molecular formula is C18H24N2O4S. The van der Waals surface area contributed by atoms with E-state index >= 15 is 0 Å². The number of carbonyl (C=O) groups excluding carboxylic acids is 1. The number of hydrogen-bond acceptors (Lipinski definition) is 5. The number of ether oxygens (including phenoxy) is 3. The standard InChI is InChI=1S/C18H24N2O4S/c1-5-23-10-13-9-12(7-8-14(13)22-4)16-15(17(21)24-6-2)11(3)19-18(25)20-16/h7-9,16H,5-6,10H2,1-4H3,(H2,19,20,25)/t16-/m1/s1. The van der Waals surface area contributed by atoms with Crippen molar-refractivity contribution in [1.29, 1.82) is 0 Å². The lowest BCUT2D eigenvalue weighted by atomic mass is 9.94. The molecule has 0 amide bonds. The SMILES string of the molecule is CCOCc1cc([C@H]2NC(=S)NC(C)=C2C(=O)OCC)ccc1OC. The highest BCUT2D eigenvalue weighted by molar-refractivity contribution is 7.80. The van der Waals surface area contributed by atoms with Crippen molar-refractivity contribution in [2.75, 3.05) is 20.3 Å². The Hall–Kier alpha value is -2.12. The van der Waals surface area contributed by atoms with Gasteiger partial charge in [-0.05, 0) is 50.7 Å². The molecule has 0 saturated heterocycles. The molecule has 0 saturated carbocycles. The van der Waals surface area contributed by atoms with E-state index in [9.17, 15) is 4.79 Å². The minimum Gasteiger partial charge on any atom is -0.496 e. The Morgan fingerprint density at radius 1 is 1.28 bits per heavy atom. The summed E-state index contributed by atoms with van der Waals surface area (Å²) in [6, 6.07) is 5.35. The minimum atomic E-state index is -0.390. The maximum atomic E-state index is 12.4. The van der Waals surface area contributed by atoms with Gasteiger partial charge in [-0.1, -0.05) is 6.07 Å². The number of methoxy groups -OCH3 is 1. The van der Waals surface area contributed by atoms with Crippen LogP contribution in [0.1, 0.15) is 37.9 Å². The van der Waals surface area contributed by atoms with Crippen LogP contribution in [0, 0.1) is 0 Å². The van der Waals surface area contributed by atoms with Gasteiger partial charge in [0.25, 0.3) is 0 Å². The fraction of sp³-hybridized carbons (Fsp3) is 0.444. The summed E-state index contributed by atoms with van der Waals surface area (Å²) in [5, 5.41) is 6.61. The third-order valence-corrected chi connectivity index (χ3v) is 4.08. The predicted octanol–water partition coefficient (Wildman–Crippen LogP) is 2.59. The first-order valence-corrected chi connectivity index (χ1v) is 8.62. The number of rotatable bonds is 7. The van der Waals surface area contributed by atoms with Gasteiger partial charge in [-0.15, -0.1) is 0 Å². The molecule has 2 rings (SSSR count). The second kappa shape index (κ2) is 8.82. The van der Waals surface area contributed by atoms with Crippen LogP contribution in [0.2, 0.25) is 0 Å². The first kappa shape index (κ1) is 19.2. The van der Waals surface area contributed by atoms with E-state index in [1.165, 1.54) is 0 Å². The van der Waals surface area contributed by atoms with Crippen LogP contribution in [-0.2, 0) is 20.9 Å². The molecule has 25 heavy (non-hydrogen) atoms. The summed E-state index contributed by atoms with van der Waals surface area (Å²) in [6.45, 7) is 6.89. The Balaban J connectivity index is 2.44. The first-order chi connectivity index (χ1) is 12.0. The second-order valence-electron chi connectivity index (χ2n) is 5.50. The van der Waals surface area contributed by atoms with E-state index in [-0.39, 0.29) is 12.0 Å². The summed E-state index contributed by atoms with van der Waals surface area (Å²) >= 11 is 5.26. The second-order valence-corrected chi connectivity index (χ2v) is 5.91. The lowest BCUT2D eigenvalue weighted by Gasteiger charge is -2.30. The molecule has 136 valence electrons. The highest BCUT2D eigenvalue weighted by Gasteiger charge is 2.31. The van der Waals surface area contributed by atoms with Crippen LogP contribution in [0.4, 0.5) is 0 Å². The summed E-state index contributed by atoms with van der Waals surface area (Å²) in [6.07, 6.45) is 0. The Bertz CT molecular complexity index is 688. The van der Waals surface area contributed by atoms with Crippen molar-refractivity contribution in [1.82, 2.24) is 10.6 Å². The van der Waals surface area contributed by atoms with Crippen molar-refractivity contribution in [2.45, 2.75) is 33.4 Å². The molecule has 1 atom stereocenters. The van der Waals surface area contributed by atoms with Crippen molar-refractivity contribution in [3.63, 3.8) is 0 Å². The van der Waals surface area contributed by atoms with Crippen LogP contribution < -0.4 is 15.4 Å². The molecule has 0 spiro atoms. The third-order valence-electron chi connectivity index (χ3n) is 3.86. The Kier molecular flexibility index (Phi) is 6.78. The van der Waals surface area contributed by atoms with Crippen LogP contribution in [0.3, 0.4) is 0 Å². The number of carbonyl (C=O) groups is 1. The Morgan fingerprint density at radius 2 is 2.04 bits per heavy atom. The van der Waals surface area contributed by atoms with E-state index in [0.29, 0.717) is 36.2 Å². The van der Waals surface area contributed by atoms with E-state index in [1.54, 1.807) is 14.0 Å². The lowest BCUT2D eigenvalue weighted by molar-refractivity contribution is -0.139. The normalized spacial score (nSPS) is 17.0. The monoisotopic (exact) mass is 364 g/mol. The molecule has 2 N–H and O–H groups in total. The topological polar surface area (TPSA) is 68.8 Å². The van der Waals surface area contributed by atoms with Crippen LogP contribution in [-0.4, -0.2) is 31.4 Å². The fourth-order valence-electron chi connectivity index (χ4n) is 2.73. The summed E-state index contributed by atoms with van der Waals surface area (Å²) in [5.41, 5.74) is 3.01. The van der Waals surface area contributed by atoms with Crippen LogP contribution in [0.5, 0.6) is 5.75 Å². The maximum absolute atomic E-state index is 12.4. The summed E-state index contributed by atoms with van der Waals surface area (Å²) in [7, 11) is 1.62. The molecule has 6 nitrogen and oxygen atoms in total. The zero-order chi connectivity index (χ0) is 18.4. The van der Waals surface area contributed by atoms with Crippen LogP contribution in [0.15, 0.2) is 29.5 Å². The number of benzene rings is 1. The number of hydrogen-bond donors (Lipinski definition) is 2. The van der Waals surface area contributed by atoms with Gasteiger partial charge < -0.3 is 24.8 Å². The number of nitrogens with one attached hydrogen (secondary N) is 2. The highest BCUT2D eigenvalue weighted by Crippen LogP contribution is 2.31. The maximum Gasteiger partial charge on any atom is 0.338 e. The molecule has 1 aromatic rings. The summed E-state index contributed by atoms with van der Waals surface area (Å²) in [4.78, 5) is 12.4. The van der Waals surface area contributed by atoms with Gasteiger partial charge >= 0.3 is 5.97 Å². The van der Waals surface area contributed by atoms with Gasteiger partial charge in [0.2, 0.25) is 0 Å². The van der Waals surface area contributed by atoms with Gasteiger partial charge in [0.1, 0.15) is 5.75 Å². The molecule has 0 unspecified atom stereocenters. The number of thiocarbonyl (C=S) groups is 1. The van der Waals surface area contributed by atoms with Gasteiger partial charge in [0.15, 0.2) is 5.11 Å². The number of allylic oxidation sites excluding steroid dienone is 1. The molecule has 0 radical (unpaired) electrons. The van der Waals surface area contributed by atoms with Gasteiger partial charge in [-0.2, -0.15) is 0 Å². The van der Waals surface area contributed by atoms with Gasteiger partial charge in [-0.25, -0.2) is 4.79 Å².